The van der Waals surface area contributed by atoms with Gasteiger partial charge in [-0.25, -0.2) is 4.39 Å². The summed E-state index contributed by atoms with van der Waals surface area (Å²) in [6, 6.07) is 19.8. The van der Waals surface area contributed by atoms with Gasteiger partial charge in [0.15, 0.2) is 11.0 Å². The van der Waals surface area contributed by atoms with E-state index in [0.717, 1.165) is 90.6 Å². The molecule has 0 radical (unpaired) electrons. The van der Waals surface area contributed by atoms with Crippen molar-refractivity contribution in [1.29, 1.82) is 0 Å². The molecule has 1 N–H and O–H groups in total. The number of aromatic nitrogens is 5. The van der Waals surface area contributed by atoms with Gasteiger partial charge in [-0.15, -0.1) is 10.2 Å². The Kier molecular flexibility index (Phi) is 10.9. The SMILES string of the molecule is CCN1CCCC1CNCc1nnc(Cn2c(SCc3ccc(F)cc3)nc(=O)c3c2CCC3)n1Cc1ccc(-c2ccc(C(F)(F)F)cc2)cc1. The number of benzene rings is 3. The molecule has 3 heterocycles. The van der Waals surface area contributed by atoms with Crippen LogP contribution < -0.4 is 10.9 Å². The van der Waals surface area contributed by atoms with Crippen molar-refractivity contribution in [3.05, 3.63) is 129 Å². The van der Waals surface area contributed by atoms with Gasteiger partial charge in [0.1, 0.15) is 11.6 Å². The molecule has 272 valence electrons. The van der Waals surface area contributed by atoms with E-state index in [1.54, 1.807) is 12.1 Å². The molecule has 0 saturated carbocycles. The number of hydrogen-bond donors (Lipinski definition) is 1. The number of nitrogens with zero attached hydrogens (tertiary/aromatic N) is 6. The number of alkyl halides is 3. The topological polar surface area (TPSA) is 80.9 Å². The smallest absolute Gasteiger partial charge is 0.316 e. The number of thioether (sulfide) groups is 1. The number of likely N-dealkylation sites (tertiary alicyclic amines) is 1. The molecule has 1 fully saturated rings. The van der Waals surface area contributed by atoms with Crippen LogP contribution in [0.3, 0.4) is 0 Å². The van der Waals surface area contributed by atoms with E-state index < -0.39 is 11.7 Å². The fraction of sp³-hybridized carbons (Fsp3) is 0.385. The van der Waals surface area contributed by atoms with Crippen molar-refractivity contribution < 1.29 is 17.6 Å². The minimum atomic E-state index is -4.38. The van der Waals surface area contributed by atoms with Crippen molar-refractivity contribution in [1.82, 2.24) is 34.5 Å². The molecule has 52 heavy (non-hydrogen) atoms. The third-order valence-corrected chi connectivity index (χ3v) is 11.1. The first-order valence-corrected chi connectivity index (χ1v) is 18.8. The van der Waals surface area contributed by atoms with Gasteiger partial charge in [0.25, 0.3) is 5.56 Å². The van der Waals surface area contributed by atoms with E-state index in [1.807, 2.05) is 24.3 Å². The van der Waals surface area contributed by atoms with Gasteiger partial charge in [0.05, 0.1) is 25.2 Å². The zero-order valence-corrected chi connectivity index (χ0v) is 29.8. The molecule has 1 aliphatic carbocycles. The van der Waals surface area contributed by atoms with E-state index in [-0.39, 0.29) is 11.4 Å². The van der Waals surface area contributed by atoms with Gasteiger partial charge >= 0.3 is 6.18 Å². The van der Waals surface area contributed by atoms with E-state index in [4.69, 9.17) is 5.10 Å². The molecule has 2 aliphatic rings. The molecular formula is C39H41F4N7OS. The fourth-order valence-electron chi connectivity index (χ4n) is 7.26. The van der Waals surface area contributed by atoms with Crippen LogP contribution in [0.4, 0.5) is 17.6 Å². The quantitative estimate of drug-likeness (QED) is 0.0786. The van der Waals surface area contributed by atoms with Gasteiger partial charge in [-0.05, 0) is 91.7 Å². The standard InChI is InChI=1S/C39H41F4N7OS/c1-2-48-20-4-5-32(48)21-44-22-35-46-47-36(50(35)23-26-8-12-28(13-9-26)29-14-16-30(17-15-29)39(41,42)43)24-49-34-7-3-6-33(34)37(51)45-38(49)52-25-27-10-18-31(40)19-11-27/h8-19,32,44H,2-7,20-25H2,1H3. The van der Waals surface area contributed by atoms with Crippen LogP contribution in [0.15, 0.2) is 82.7 Å². The van der Waals surface area contributed by atoms with Gasteiger partial charge in [0, 0.05) is 29.6 Å². The summed E-state index contributed by atoms with van der Waals surface area (Å²) in [6.07, 6.45) is 0.301. The van der Waals surface area contributed by atoms with Crippen LogP contribution in [-0.4, -0.2) is 54.9 Å². The molecular weight excluding hydrogens is 691 g/mol. The highest BCUT2D eigenvalue weighted by molar-refractivity contribution is 7.98. The first-order chi connectivity index (χ1) is 25.2. The van der Waals surface area contributed by atoms with Gasteiger partial charge in [-0.2, -0.15) is 18.2 Å². The second-order valence-electron chi connectivity index (χ2n) is 13.4. The van der Waals surface area contributed by atoms with Crippen LogP contribution in [0, 0.1) is 5.82 Å². The molecule has 0 bridgehead atoms. The number of fused-ring (bicyclic) bond motifs is 1. The maximum absolute atomic E-state index is 13.6. The highest BCUT2D eigenvalue weighted by atomic mass is 32.2. The summed E-state index contributed by atoms with van der Waals surface area (Å²) in [4.78, 5) is 20.1. The van der Waals surface area contributed by atoms with Crippen LogP contribution in [0.5, 0.6) is 0 Å². The Labute approximate surface area is 304 Å². The zero-order chi connectivity index (χ0) is 36.2. The molecule has 7 rings (SSSR count). The van der Waals surface area contributed by atoms with Crippen molar-refractivity contribution in [3.8, 4) is 11.1 Å². The maximum atomic E-state index is 13.6. The lowest BCUT2D eigenvalue weighted by molar-refractivity contribution is -0.137. The second-order valence-corrected chi connectivity index (χ2v) is 14.4. The molecule has 13 heteroatoms. The largest absolute Gasteiger partial charge is 0.416 e. The summed E-state index contributed by atoms with van der Waals surface area (Å²) in [5.74, 6) is 1.73. The maximum Gasteiger partial charge on any atom is 0.416 e. The normalized spacial score (nSPS) is 16.1. The fourth-order valence-corrected chi connectivity index (χ4v) is 8.23. The van der Waals surface area contributed by atoms with E-state index in [2.05, 4.69) is 36.4 Å². The number of rotatable bonds is 13. The molecule has 1 unspecified atom stereocenters. The molecule has 2 aromatic heterocycles. The summed E-state index contributed by atoms with van der Waals surface area (Å²) >= 11 is 1.45. The van der Waals surface area contributed by atoms with Crippen molar-refractivity contribution >= 4 is 11.8 Å². The lowest BCUT2D eigenvalue weighted by Crippen LogP contribution is -2.37. The molecule has 3 aromatic carbocycles. The van der Waals surface area contributed by atoms with Gasteiger partial charge < -0.3 is 14.5 Å². The van der Waals surface area contributed by atoms with Gasteiger partial charge in [0.2, 0.25) is 0 Å². The monoisotopic (exact) mass is 731 g/mol. The highest BCUT2D eigenvalue weighted by Gasteiger charge is 2.30. The van der Waals surface area contributed by atoms with Gasteiger partial charge in [-0.1, -0.05) is 67.2 Å². The molecule has 1 atom stereocenters. The Morgan fingerprint density at radius 2 is 1.54 bits per heavy atom. The molecule has 8 nitrogen and oxygen atoms in total. The average Bonchev–Trinajstić information content (AvgIpc) is 3.91. The lowest BCUT2D eigenvalue weighted by atomic mass is 10.0. The first kappa shape index (κ1) is 36.0. The van der Waals surface area contributed by atoms with E-state index >= 15 is 0 Å². The number of nitrogens with one attached hydrogen (secondary N) is 1. The third kappa shape index (κ3) is 8.16. The second kappa shape index (κ2) is 15.7. The van der Waals surface area contributed by atoms with Crippen LogP contribution in [-0.2, 0) is 44.4 Å². The van der Waals surface area contributed by atoms with E-state index in [9.17, 15) is 22.4 Å². The summed E-state index contributed by atoms with van der Waals surface area (Å²) in [5, 5.41) is 13.6. The lowest BCUT2D eigenvalue weighted by Gasteiger charge is -2.23. The van der Waals surface area contributed by atoms with E-state index in [0.29, 0.717) is 48.6 Å². The molecule has 0 amide bonds. The highest BCUT2D eigenvalue weighted by Crippen LogP contribution is 2.32. The van der Waals surface area contributed by atoms with Crippen LogP contribution in [0.25, 0.3) is 11.1 Å². The van der Waals surface area contributed by atoms with Crippen molar-refractivity contribution in [3.63, 3.8) is 0 Å². The van der Waals surface area contributed by atoms with Crippen molar-refractivity contribution in [2.75, 3.05) is 19.6 Å². The van der Waals surface area contributed by atoms with Crippen molar-refractivity contribution in [2.45, 2.75) is 81.8 Å². The van der Waals surface area contributed by atoms with Crippen LogP contribution in [0.1, 0.15) is 65.8 Å². The molecule has 1 saturated heterocycles. The minimum Gasteiger partial charge on any atom is -0.316 e. The number of hydrogen-bond acceptors (Lipinski definition) is 7. The number of halogens is 4. The average molecular weight is 732 g/mol. The Morgan fingerprint density at radius 1 is 0.846 bits per heavy atom. The predicted octanol–water partition coefficient (Wildman–Crippen LogP) is 7.11. The summed E-state index contributed by atoms with van der Waals surface area (Å²) < 4.78 is 57.1. The number of likely N-dealkylation sites (N-methyl/N-ethyl adjacent to an activating group) is 1. The zero-order valence-electron chi connectivity index (χ0n) is 29.0. The Morgan fingerprint density at radius 3 is 2.25 bits per heavy atom. The Hall–Kier alpha value is -4.33. The van der Waals surface area contributed by atoms with Gasteiger partial charge in [-0.3, -0.25) is 9.69 Å². The van der Waals surface area contributed by atoms with E-state index in [1.165, 1.54) is 42.4 Å². The first-order valence-electron chi connectivity index (χ1n) is 17.8. The minimum absolute atomic E-state index is 0.196. The third-order valence-electron chi connectivity index (χ3n) is 10.1. The van der Waals surface area contributed by atoms with Crippen molar-refractivity contribution in [2.24, 2.45) is 0 Å². The molecule has 5 aromatic rings. The summed E-state index contributed by atoms with van der Waals surface area (Å²) in [7, 11) is 0. The predicted molar refractivity (Wildman–Crippen MR) is 194 cm³/mol. The molecule has 0 spiro atoms. The molecule has 1 aliphatic heterocycles. The Balaban J connectivity index is 1.17. The van der Waals surface area contributed by atoms with Crippen LogP contribution >= 0.6 is 11.8 Å². The Bertz CT molecular complexity index is 2040. The summed E-state index contributed by atoms with van der Waals surface area (Å²) in [6.45, 7) is 6.55. The van der Waals surface area contributed by atoms with Crippen LogP contribution in [0.2, 0.25) is 0 Å². The summed E-state index contributed by atoms with van der Waals surface area (Å²) in [5.41, 5.74) is 4.27.